The summed E-state index contributed by atoms with van der Waals surface area (Å²) in [5.41, 5.74) is 3.31. The molecule has 1 aromatic carbocycles. The molecule has 0 bridgehead atoms. The van der Waals surface area contributed by atoms with E-state index in [1.165, 1.54) is 6.07 Å². The van der Waals surface area contributed by atoms with Crippen LogP contribution in [0.1, 0.15) is 10.7 Å². The monoisotopic (exact) mass is 407 g/mol. The Hall–Kier alpha value is -0.730. The Bertz CT molecular complexity index is 726. The largest absolute Gasteiger partial charge is 0.322 e. The summed E-state index contributed by atoms with van der Waals surface area (Å²) < 4.78 is 16.2. The molecule has 0 aliphatic heterocycles. The fourth-order valence-electron chi connectivity index (χ4n) is 1.92. The maximum Gasteiger partial charge on any atom is 0.138 e. The van der Waals surface area contributed by atoms with Crippen LogP contribution in [0.4, 0.5) is 4.39 Å². The average molecular weight is 408 g/mol. The van der Waals surface area contributed by atoms with E-state index in [1.54, 1.807) is 29.1 Å². The molecule has 0 radical (unpaired) electrons. The highest BCUT2D eigenvalue weighted by molar-refractivity contribution is 14.1. The number of thiazole rings is 1. The van der Waals surface area contributed by atoms with Crippen molar-refractivity contribution in [2.24, 2.45) is 0 Å². The van der Waals surface area contributed by atoms with Crippen molar-refractivity contribution in [1.82, 2.24) is 14.5 Å². The first kappa shape index (κ1) is 13.3. The molecule has 0 aliphatic carbocycles. The van der Waals surface area contributed by atoms with Gasteiger partial charge in [-0.25, -0.2) is 9.37 Å². The molecule has 0 aliphatic rings. The Labute approximate surface area is 131 Å². The van der Waals surface area contributed by atoms with Crippen LogP contribution in [0.3, 0.4) is 0 Å². The third-order valence-electron chi connectivity index (χ3n) is 2.79. The minimum absolute atomic E-state index is 0.236. The Morgan fingerprint density at radius 3 is 2.95 bits per heavy atom. The van der Waals surface area contributed by atoms with Crippen LogP contribution in [0.15, 0.2) is 23.8 Å². The summed E-state index contributed by atoms with van der Waals surface area (Å²) in [5, 5.41) is 0. The van der Waals surface area contributed by atoms with Crippen molar-refractivity contribution in [1.29, 1.82) is 0 Å². The average Bonchev–Trinajstić information content (AvgIpc) is 3.00. The molecule has 2 heterocycles. The van der Waals surface area contributed by atoms with E-state index >= 15 is 0 Å². The topological polar surface area (TPSA) is 30.7 Å². The quantitative estimate of drug-likeness (QED) is 0.485. The van der Waals surface area contributed by atoms with Gasteiger partial charge in [0.1, 0.15) is 11.6 Å². The fourth-order valence-corrected chi connectivity index (χ4v) is 3.16. The van der Waals surface area contributed by atoms with Gasteiger partial charge in [-0.3, -0.25) is 4.98 Å². The molecule has 0 unspecified atom stereocenters. The Kier molecular flexibility index (Phi) is 3.72. The van der Waals surface area contributed by atoms with Gasteiger partial charge < -0.3 is 4.57 Å². The van der Waals surface area contributed by atoms with Crippen molar-refractivity contribution in [2.75, 3.05) is 0 Å². The van der Waals surface area contributed by atoms with Gasteiger partial charge in [0.05, 0.1) is 32.5 Å². The number of fused-ring (bicyclic) bond motifs is 1. The maximum absolute atomic E-state index is 13.7. The summed E-state index contributed by atoms with van der Waals surface area (Å²) in [4.78, 5) is 9.59. The molecule has 2 aromatic heterocycles. The lowest BCUT2D eigenvalue weighted by Crippen LogP contribution is -2.02. The van der Waals surface area contributed by atoms with Gasteiger partial charge in [0.25, 0.3) is 0 Å². The van der Waals surface area contributed by atoms with Crippen LogP contribution < -0.4 is 0 Å². The number of imidazole rings is 1. The lowest BCUT2D eigenvalue weighted by molar-refractivity contribution is 0.621. The van der Waals surface area contributed by atoms with E-state index in [0.717, 1.165) is 21.7 Å². The highest BCUT2D eigenvalue weighted by Gasteiger charge is 2.13. The lowest BCUT2D eigenvalue weighted by atomic mass is 10.3. The highest BCUT2D eigenvalue weighted by atomic mass is 127. The normalized spacial score (nSPS) is 11.3. The van der Waals surface area contributed by atoms with Gasteiger partial charge in [-0.15, -0.1) is 22.9 Å². The number of benzene rings is 1. The van der Waals surface area contributed by atoms with E-state index < -0.39 is 0 Å². The summed E-state index contributed by atoms with van der Waals surface area (Å²) in [7, 11) is 0. The fraction of sp³-hybridized carbons (Fsp3) is 0.167. The minimum atomic E-state index is -0.236. The van der Waals surface area contributed by atoms with E-state index in [2.05, 4.69) is 9.97 Å². The second-order valence-corrected chi connectivity index (χ2v) is 6.37. The SMILES string of the molecule is Fc1cc2c(cc1I)nc(CCl)n2Cc1cncs1. The summed E-state index contributed by atoms with van der Waals surface area (Å²) in [6.07, 6.45) is 1.80. The van der Waals surface area contributed by atoms with Crippen LogP contribution in [-0.2, 0) is 12.4 Å². The minimum Gasteiger partial charge on any atom is -0.322 e. The van der Waals surface area contributed by atoms with E-state index in [0.29, 0.717) is 16.0 Å². The molecule has 0 fully saturated rings. The molecule has 0 saturated carbocycles. The Morgan fingerprint density at radius 2 is 2.26 bits per heavy atom. The zero-order valence-corrected chi connectivity index (χ0v) is 13.3. The van der Waals surface area contributed by atoms with E-state index in [1.807, 2.05) is 27.2 Å². The third-order valence-corrected chi connectivity index (χ3v) is 4.62. The zero-order valence-electron chi connectivity index (χ0n) is 9.61. The number of hydrogen-bond donors (Lipinski definition) is 0. The van der Waals surface area contributed by atoms with Gasteiger partial charge in [0.15, 0.2) is 0 Å². The smallest absolute Gasteiger partial charge is 0.138 e. The summed E-state index contributed by atoms with van der Waals surface area (Å²) in [6, 6.07) is 3.26. The Balaban J connectivity index is 2.17. The van der Waals surface area contributed by atoms with E-state index in [9.17, 15) is 4.39 Å². The van der Waals surface area contributed by atoms with Crippen molar-refractivity contribution in [3.63, 3.8) is 0 Å². The van der Waals surface area contributed by atoms with Gasteiger partial charge in [0.2, 0.25) is 0 Å². The summed E-state index contributed by atoms with van der Waals surface area (Å²) in [5.74, 6) is 0.803. The number of aromatic nitrogens is 3. The molecule has 19 heavy (non-hydrogen) atoms. The highest BCUT2D eigenvalue weighted by Crippen LogP contribution is 2.24. The van der Waals surface area contributed by atoms with Gasteiger partial charge in [-0.05, 0) is 28.7 Å². The molecule has 0 saturated heterocycles. The maximum atomic E-state index is 13.7. The zero-order chi connectivity index (χ0) is 13.4. The second kappa shape index (κ2) is 5.34. The molecule has 3 nitrogen and oxygen atoms in total. The van der Waals surface area contributed by atoms with Crippen molar-refractivity contribution in [2.45, 2.75) is 12.4 Å². The third kappa shape index (κ3) is 2.48. The van der Waals surface area contributed by atoms with Crippen LogP contribution in [-0.4, -0.2) is 14.5 Å². The molecular formula is C12H8ClFIN3S. The molecular weight excluding hydrogens is 400 g/mol. The Morgan fingerprint density at radius 1 is 1.42 bits per heavy atom. The molecule has 3 rings (SSSR count). The molecule has 0 atom stereocenters. The van der Waals surface area contributed by atoms with Crippen LogP contribution in [0.5, 0.6) is 0 Å². The van der Waals surface area contributed by atoms with Crippen molar-refractivity contribution in [3.05, 3.63) is 43.9 Å². The second-order valence-electron chi connectivity index (χ2n) is 3.97. The standard InChI is InChI=1S/C12H8ClFIN3S/c13-3-12-17-10-2-9(15)8(14)1-11(10)18(12)5-7-4-16-6-19-7/h1-2,4,6H,3,5H2. The van der Waals surface area contributed by atoms with E-state index in [-0.39, 0.29) is 5.82 Å². The molecule has 98 valence electrons. The van der Waals surface area contributed by atoms with Gasteiger partial charge in [-0.1, -0.05) is 0 Å². The van der Waals surface area contributed by atoms with Crippen molar-refractivity contribution in [3.8, 4) is 0 Å². The summed E-state index contributed by atoms with van der Waals surface area (Å²) in [6.45, 7) is 0.614. The number of nitrogens with zero attached hydrogens (tertiary/aromatic N) is 3. The number of rotatable bonds is 3. The van der Waals surface area contributed by atoms with Crippen LogP contribution in [0, 0.1) is 9.39 Å². The van der Waals surface area contributed by atoms with Crippen LogP contribution >= 0.6 is 45.5 Å². The molecule has 0 amide bonds. The van der Waals surface area contributed by atoms with Crippen molar-refractivity contribution >= 4 is 56.6 Å². The molecule has 3 aromatic rings. The lowest BCUT2D eigenvalue weighted by Gasteiger charge is -2.05. The number of halogens is 3. The van der Waals surface area contributed by atoms with Crippen molar-refractivity contribution < 1.29 is 4.39 Å². The first-order chi connectivity index (χ1) is 9.19. The summed E-state index contributed by atoms with van der Waals surface area (Å²) >= 11 is 9.45. The van der Waals surface area contributed by atoms with Crippen LogP contribution in [0.25, 0.3) is 11.0 Å². The van der Waals surface area contributed by atoms with Gasteiger partial charge in [0, 0.05) is 17.1 Å². The first-order valence-electron chi connectivity index (χ1n) is 5.46. The number of hydrogen-bond acceptors (Lipinski definition) is 3. The predicted molar refractivity (Wildman–Crippen MR) is 83.2 cm³/mol. The number of alkyl halides is 1. The van der Waals surface area contributed by atoms with Crippen LogP contribution in [0.2, 0.25) is 0 Å². The molecule has 0 spiro atoms. The van der Waals surface area contributed by atoms with E-state index in [4.69, 9.17) is 11.6 Å². The van der Waals surface area contributed by atoms with Gasteiger partial charge in [-0.2, -0.15) is 0 Å². The first-order valence-corrected chi connectivity index (χ1v) is 7.96. The van der Waals surface area contributed by atoms with Gasteiger partial charge >= 0.3 is 0 Å². The molecule has 7 heteroatoms. The predicted octanol–water partition coefficient (Wildman–Crippen LogP) is 4.02. The molecule has 0 N–H and O–H groups in total.